The molecular weight excluding hydrogens is 592 g/mol. The van der Waals surface area contributed by atoms with E-state index in [0.717, 1.165) is 58.4 Å². The monoisotopic (exact) mass is 638 g/mol. The molecular formula is C37H46N6O4. The maximum absolute atomic E-state index is 12.9. The highest BCUT2D eigenvalue weighted by atomic mass is 16.6. The minimum Gasteiger partial charge on any atom is -0.444 e. The van der Waals surface area contributed by atoms with Gasteiger partial charge in [-0.25, -0.2) is 14.6 Å². The van der Waals surface area contributed by atoms with Crippen LogP contribution in [-0.2, 0) is 9.47 Å². The summed E-state index contributed by atoms with van der Waals surface area (Å²) in [6.07, 6.45) is 1.95. The van der Waals surface area contributed by atoms with Crippen molar-refractivity contribution in [3.63, 3.8) is 0 Å². The predicted octanol–water partition coefficient (Wildman–Crippen LogP) is 8.13. The number of benzene rings is 2. The van der Waals surface area contributed by atoms with Gasteiger partial charge in [-0.05, 0) is 104 Å². The summed E-state index contributed by atoms with van der Waals surface area (Å²) in [5, 5.41) is 7.68. The number of aromatic amines is 2. The molecule has 0 bridgehead atoms. The van der Waals surface area contributed by atoms with Gasteiger partial charge < -0.3 is 14.5 Å². The summed E-state index contributed by atoms with van der Waals surface area (Å²) in [6.45, 7) is 16.5. The Hall–Kier alpha value is -4.78. The van der Waals surface area contributed by atoms with Crippen LogP contribution in [-0.4, -0.2) is 66.4 Å². The zero-order valence-electron chi connectivity index (χ0n) is 28.7. The van der Waals surface area contributed by atoms with Gasteiger partial charge >= 0.3 is 12.2 Å². The third kappa shape index (κ3) is 8.33. The molecule has 5 rings (SSSR count). The number of imidazole rings is 1. The van der Waals surface area contributed by atoms with Crippen LogP contribution in [0.2, 0.25) is 0 Å². The van der Waals surface area contributed by atoms with Crippen molar-refractivity contribution in [1.29, 1.82) is 0 Å². The molecule has 3 heterocycles. The van der Waals surface area contributed by atoms with Gasteiger partial charge in [0, 0.05) is 29.8 Å². The Morgan fingerprint density at radius 3 is 2.36 bits per heavy atom. The summed E-state index contributed by atoms with van der Waals surface area (Å²) in [7, 11) is 0. The summed E-state index contributed by atoms with van der Waals surface area (Å²) in [5.74, 6) is 7.20. The number of H-pyrrole nitrogens is 2. The fourth-order valence-electron chi connectivity index (χ4n) is 5.61. The van der Waals surface area contributed by atoms with E-state index in [1.165, 1.54) is 0 Å². The second kappa shape index (κ2) is 13.5. The maximum atomic E-state index is 12.9. The van der Waals surface area contributed by atoms with E-state index in [-0.39, 0.29) is 24.3 Å². The largest absolute Gasteiger partial charge is 0.444 e. The highest BCUT2D eigenvalue weighted by molar-refractivity contribution is 5.77. The highest BCUT2D eigenvalue weighted by Gasteiger charge is 2.34. The number of aromatic nitrogens is 4. The third-order valence-electron chi connectivity index (χ3n) is 7.83. The predicted molar refractivity (Wildman–Crippen MR) is 183 cm³/mol. The number of fused-ring (bicyclic) bond motifs is 1. The molecule has 248 valence electrons. The van der Waals surface area contributed by atoms with E-state index < -0.39 is 11.2 Å². The van der Waals surface area contributed by atoms with Crippen molar-refractivity contribution in [2.45, 2.75) is 97.9 Å². The van der Waals surface area contributed by atoms with Gasteiger partial charge in [0.05, 0.1) is 34.5 Å². The number of likely N-dealkylation sites (tertiary alicyclic amines) is 1. The van der Waals surface area contributed by atoms with Crippen molar-refractivity contribution in [2.75, 3.05) is 13.1 Å². The molecule has 0 spiro atoms. The topological polar surface area (TPSA) is 116 Å². The minimum absolute atomic E-state index is 0.0809. The van der Waals surface area contributed by atoms with Crippen LogP contribution >= 0.6 is 0 Å². The molecule has 2 N–H and O–H groups in total. The highest BCUT2D eigenvalue weighted by Crippen LogP contribution is 2.34. The molecule has 0 unspecified atom stereocenters. The van der Waals surface area contributed by atoms with E-state index in [2.05, 4.69) is 27.0 Å². The number of hydrogen-bond donors (Lipinski definition) is 2. The molecule has 1 aliphatic rings. The van der Waals surface area contributed by atoms with E-state index in [1.807, 2.05) is 104 Å². The quantitative estimate of drug-likeness (QED) is 0.206. The molecule has 47 heavy (non-hydrogen) atoms. The lowest BCUT2D eigenvalue weighted by molar-refractivity contribution is 0.0165. The normalized spacial score (nSPS) is 15.7. The van der Waals surface area contributed by atoms with Gasteiger partial charge in [0.1, 0.15) is 17.0 Å². The van der Waals surface area contributed by atoms with Crippen molar-refractivity contribution in [2.24, 2.45) is 0 Å². The van der Waals surface area contributed by atoms with Crippen LogP contribution in [0.15, 0.2) is 48.5 Å². The van der Waals surface area contributed by atoms with Crippen LogP contribution in [0.4, 0.5) is 9.59 Å². The molecule has 1 fully saturated rings. The van der Waals surface area contributed by atoms with E-state index in [1.54, 1.807) is 9.80 Å². The zero-order chi connectivity index (χ0) is 33.9. The number of ether oxygens (including phenoxy) is 2. The Morgan fingerprint density at radius 1 is 1.00 bits per heavy atom. The summed E-state index contributed by atoms with van der Waals surface area (Å²) in [5.41, 5.74) is 4.95. The Bertz CT molecular complexity index is 1780. The van der Waals surface area contributed by atoms with E-state index in [4.69, 9.17) is 14.5 Å². The van der Waals surface area contributed by atoms with Crippen LogP contribution in [0.1, 0.15) is 109 Å². The molecule has 1 aliphatic heterocycles. The van der Waals surface area contributed by atoms with Gasteiger partial charge in [0.2, 0.25) is 0 Å². The maximum Gasteiger partial charge on any atom is 0.410 e. The SMILES string of the molecule is CCCN(C(=O)OC(C)(C)C)[C@@H](C)c1nc2cc(C#Cc3ccc(-c4cc([C@@H]5CCCN5C(=O)OC(C)(C)C)[nH]n4)cc3)ccc2[nH]1. The first-order valence-corrected chi connectivity index (χ1v) is 16.4. The van der Waals surface area contributed by atoms with Gasteiger partial charge in [-0.2, -0.15) is 5.10 Å². The standard InChI is InChI=1S/C37H46N6O4/c1-9-20-42(34(44)46-36(3,4)5)24(2)33-38-28-19-16-26(22-30(28)39-33)13-12-25-14-17-27(18-15-25)29-23-31(41-40-29)32-11-10-21-43(32)35(45)47-37(6,7)8/h14-19,22-24,32H,9-11,20-21H2,1-8H3,(H,38,39)(H,40,41)/t24-,32-/m0/s1. The van der Waals surface area contributed by atoms with Gasteiger partial charge in [-0.3, -0.25) is 14.9 Å². The van der Waals surface area contributed by atoms with Crippen molar-refractivity contribution in [1.82, 2.24) is 30.0 Å². The summed E-state index contributed by atoms with van der Waals surface area (Å²) >= 11 is 0. The molecule has 0 radical (unpaired) electrons. The number of rotatable bonds is 6. The third-order valence-corrected chi connectivity index (χ3v) is 7.83. The summed E-state index contributed by atoms with van der Waals surface area (Å²) in [6, 6.07) is 15.5. The Kier molecular flexibility index (Phi) is 9.66. The van der Waals surface area contributed by atoms with Crippen LogP contribution in [0.3, 0.4) is 0 Å². The molecule has 0 aliphatic carbocycles. The van der Waals surface area contributed by atoms with E-state index in [9.17, 15) is 9.59 Å². The van der Waals surface area contributed by atoms with Gasteiger partial charge in [-0.15, -0.1) is 0 Å². The van der Waals surface area contributed by atoms with E-state index >= 15 is 0 Å². The molecule has 10 nitrogen and oxygen atoms in total. The molecule has 10 heteroatoms. The van der Waals surface area contributed by atoms with Crippen molar-refractivity contribution in [3.8, 4) is 23.1 Å². The molecule has 1 saturated heterocycles. The molecule has 2 aromatic heterocycles. The smallest absolute Gasteiger partial charge is 0.410 e. The first-order chi connectivity index (χ1) is 22.2. The van der Waals surface area contributed by atoms with Crippen molar-refractivity contribution in [3.05, 3.63) is 71.2 Å². The summed E-state index contributed by atoms with van der Waals surface area (Å²) < 4.78 is 11.3. The van der Waals surface area contributed by atoms with E-state index in [0.29, 0.717) is 18.9 Å². The molecule has 2 atom stereocenters. The molecule has 2 amide bonds. The molecule has 4 aromatic rings. The van der Waals surface area contributed by atoms with Crippen molar-refractivity contribution >= 4 is 23.2 Å². The number of carbonyl (C=O) groups excluding carboxylic acids is 2. The Morgan fingerprint density at radius 2 is 1.68 bits per heavy atom. The molecule has 2 aromatic carbocycles. The zero-order valence-corrected chi connectivity index (χ0v) is 28.7. The van der Waals surface area contributed by atoms with Gasteiger partial charge in [0.25, 0.3) is 0 Å². The van der Waals surface area contributed by atoms with Gasteiger partial charge in [0.15, 0.2) is 0 Å². The minimum atomic E-state index is -0.574. The number of nitrogens with zero attached hydrogens (tertiary/aromatic N) is 4. The lowest BCUT2D eigenvalue weighted by atomic mass is 10.1. The Labute approximate surface area is 277 Å². The number of carbonyl (C=O) groups is 2. The second-order valence-corrected chi connectivity index (χ2v) is 14.1. The number of nitrogens with one attached hydrogen (secondary N) is 2. The lowest BCUT2D eigenvalue weighted by Crippen LogP contribution is -2.39. The first-order valence-electron chi connectivity index (χ1n) is 16.4. The fourth-order valence-corrected chi connectivity index (χ4v) is 5.61. The van der Waals surface area contributed by atoms with Crippen LogP contribution in [0.25, 0.3) is 22.3 Å². The number of amides is 2. The second-order valence-electron chi connectivity index (χ2n) is 14.1. The Balaban J connectivity index is 1.26. The van der Waals surface area contributed by atoms with Crippen molar-refractivity contribution < 1.29 is 19.1 Å². The average molecular weight is 639 g/mol. The summed E-state index contributed by atoms with van der Waals surface area (Å²) in [4.78, 5) is 37.3. The molecule has 0 saturated carbocycles. The first kappa shape index (κ1) is 33.6. The van der Waals surface area contributed by atoms with Crippen LogP contribution in [0, 0.1) is 11.8 Å². The lowest BCUT2D eigenvalue weighted by Gasteiger charge is -2.30. The van der Waals surface area contributed by atoms with Crippen LogP contribution in [0.5, 0.6) is 0 Å². The van der Waals surface area contributed by atoms with Crippen LogP contribution < -0.4 is 0 Å². The average Bonchev–Trinajstić information content (AvgIpc) is 3.76. The fraction of sp³-hybridized carbons (Fsp3) is 0.459. The number of hydrogen-bond acceptors (Lipinski definition) is 6. The van der Waals surface area contributed by atoms with Gasteiger partial charge in [-0.1, -0.05) is 30.9 Å².